The third kappa shape index (κ3) is 3.84. The van der Waals surface area contributed by atoms with Crippen LogP contribution in [0.1, 0.15) is 45.8 Å². The predicted molar refractivity (Wildman–Crippen MR) is 116 cm³/mol. The average Bonchev–Trinajstić information content (AvgIpc) is 3.38. The SMILES string of the molecule is O=C(c1ccccc1C1CCNC1)N1CCCN(C2Cc3ccccc3C2)CC1. The second-order valence-corrected chi connectivity index (χ2v) is 8.79. The molecule has 1 atom stereocenters. The summed E-state index contributed by atoms with van der Waals surface area (Å²) in [6.45, 7) is 5.82. The van der Waals surface area contributed by atoms with Gasteiger partial charge in [-0.15, -0.1) is 0 Å². The maximum absolute atomic E-state index is 13.4. The quantitative estimate of drug-likeness (QED) is 0.876. The number of hydrogen-bond donors (Lipinski definition) is 1. The van der Waals surface area contributed by atoms with Gasteiger partial charge >= 0.3 is 0 Å². The highest BCUT2D eigenvalue weighted by atomic mass is 16.2. The Morgan fingerprint density at radius 1 is 0.897 bits per heavy atom. The lowest BCUT2D eigenvalue weighted by Crippen LogP contribution is -2.40. The van der Waals surface area contributed by atoms with Crippen LogP contribution in [0.2, 0.25) is 0 Å². The lowest BCUT2D eigenvalue weighted by atomic mass is 9.93. The van der Waals surface area contributed by atoms with Crippen molar-refractivity contribution in [2.24, 2.45) is 0 Å². The summed E-state index contributed by atoms with van der Waals surface area (Å²) in [5, 5.41) is 3.44. The van der Waals surface area contributed by atoms with Crippen molar-refractivity contribution in [1.82, 2.24) is 15.1 Å². The number of nitrogens with zero attached hydrogens (tertiary/aromatic N) is 2. The van der Waals surface area contributed by atoms with Crippen LogP contribution in [-0.4, -0.2) is 61.0 Å². The maximum Gasteiger partial charge on any atom is 0.254 e. The molecule has 0 bridgehead atoms. The van der Waals surface area contributed by atoms with Crippen LogP contribution in [0.3, 0.4) is 0 Å². The van der Waals surface area contributed by atoms with Crippen LogP contribution in [0.25, 0.3) is 0 Å². The molecule has 4 heteroatoms. The van der Waals surface area contributed by atoms with E-state index in [0.717, 1.165) is 70.5 Å². The lowest BCUT2D eigenvalue weighted by Gasteiger charge is -2.27. The molecule has 0 aromatic heterocycles. The molecule has 2 aromatic carbocycles. The van der Waals surface area contributed by atoms with E-state index in [1.165, 1.54) is 16.7 Å². The van der Waals surface area contributed by atoms with Gasteiger partial charge in [-0.3, -0.25) is 9.69 Å². The van der Waals surface area contributed by atoms with Gasteiger partial charge in [0.1, 0.15) is 0 Å². The molecule has 0 saturated carbocycles. The first kappa shape index (κ1) is 18.8. The van der Waals surface area contributed by atoms with Crippen molar-refractivity contribution in [2.75, 3.05) is 39.3 Å². The number of rotatable bonds is 3. The normalized spacial score (nSPS) is 23.2. The van der Waals surface area contributed by atoms with Gasteiger partial charge in [0.15, 0.2) is 0 Å². The summed E-state index contributed by atoms with van der Waals surface area (Å²) >= 11 is 0. The molecule has 3 aliphatic rings. The van der Waals surface area contributed by atoms with Crippen molar-refractivity contribution in [1.29, 1.82) is 0 Å². The fourth-order valence-electron chi connectivity index (χ4n) is 5.44. The van der Waals surface area contributed by atoms with Gasteiger partial charge in [-0.2, -0.15) is 0 Å². The molecular weight excluding hydrogens is 358 g/mol. The Balaban J connectivity index is 1.26. The van der Waals surface area contributed by atoms with Gasteiger partial charge in [0.05, 0.1) is 0 Å². The van der Waals surface area contributed by atoms with Crippen LogP contribution >= 0.6 is 0 Å². The van der Waals surface area contributed by atoms with E-state index in [1.807, 2.05) is 12.1 Å². The molecule has 1 N–H and O–H groups in total. The van der Waals surface area contributed by atoms with Crippen molar-refractivity contribution in [3.63, 3.8) is 0 Å². The summed E-state index contributed by atoms with van der Waals surface area (Å²) in [5.74, 6) is 0.694. The molecule has 2 aromatic rings. The number of nitrogens with one attached hydrogen (secondary N) is 1. The van der Waals surface area contributed by atoms with Crippen LogP contribution in [0.4, 0.5) is 0 Å². The van der Waals surface area contributed by atoms with Crippen molar-refractivity contribution in [3.8, 4) is 0 Å². The number of carbonyl (C=O) groups is 1. The van der Waals surface area contributed by atoms with E-state index in [1.54, 1.807) is 0 Å². The maximum atomic E-state index is 13.4. The number of carbonyl (C=O) groups excluding carboxylic acids is 1. The third-order valence-electron chi connectivity index (χ3n) is 7.05. The summed E-state index contributed by atoms with van der Waals surface area (Å²) in [5.41, 5.74) is 5.17. The van der Waals surface area contributed by atoms with Crippen LogP contribution in [-0.2, 0) is 12.8 Å². The standard InChI is InChI=1S/C25H31N3O/c29-25(24-9-4-3-8-23(24)21-10-11-26-18-21)28-13-5-12-27(14-15-28)22-16-19-6-1-2-7-20(19)17-22/h1-4,6-9,21-22,26H,5,10-18H2. The molecule has 2 heterocycles. The molecule has 1 amide bonds. The van der Waals surface area contributed by atoms with Crippen LogP contribution < -0.4 is 5.32 Å². The monoisotopic (exact) mass is 389 g/mol. The van der Waals surface area contributed by atoms with Gasteiger partial charge in [0.2, 0.25) is 0 Å². The molecule has 2 fully saturated rings. The first-order valence-electron chi connectivity index (χ1n) is 11.2. The Kier molecular flexibility index (Phi) is 5.38. The second kappa shape index (κ2) is 8.29. The minimum absolute atomic E-state index is 0.226. The first-order valence-corrected chi connectivity index (χ1v) is 11.2. The fraction of sp³-hybridized carbons (Fsp3) is 0.480. The van der Waals surface area contributed by atoms with Gasteiger partial charge in [0.25, 0.3) is 5.91 Å². The van der Waals surface area contributed by atoms with E-state index in [9.17, 15) is 4.79 Å². The first-order chi connectivity index (χ1) is 14.3. The molecule has 1 unspecified atom stereocenters. The molecule has 29 heavy (non-hydrogen) atoms. The predicted octanol–water partition coefficient (Wildman–Crippen LogP) is 3.08. The summed E-state index contributed by atoms with van der Waals surface area (Å²) < 4.78 is 0. The van der Waals surface area contributed by atoms with Gasteiger partial charge < -0.3 is 10.2 Å². The Labute approximate surface area is 173 Å². The smallest absolute Gasteiger partial charge is 0.254 e. The number of fused-ring (bicyclic) bond motifs is 1. The lowest BCUT2D eigenvalue weighted by molar-refractivity contribution is 0.0756. The van der Waals surface area contributed by atoms with E-state index in [2.05, 4.69) is 51.5 Å². The Morgan fingerprint density at radius 3 is 2.41 bits per heavy atom. The number of benzene rings is 2. The molecule has 4 nitrogen and oxygen atoms in total. The van der Waals surface area contributed by atoms with Crippen LogP contribution in [0.5, 0.6) is 0 Å². The largest absolute Gasteiger partial charge is 0.337 e. The molecule has 0 radical (unpaired) electrons. The van der Waals surface area contributed by atoms with E-state index < -0.39 is 0 Å². The summed E-state index contributed by atoms with van der Waals surface area (Å²) in [6, 6.07) is 17.7. The van der Waals surface area contributed by atoms with Gasteiger partial charge in [-0.05, 0) is 60.9 Å². The van der Waals surface area contributed by atoms with Gasteiger partial charge in [-0.1, -0.05) is 42.5 Å². The van der Waals surface area contributed by atoms with E-state index in [4.69, 9.17) is 0 Å². The van der Waals surface area contributed by atoms with Crippen molar-refractivity contribution in [3.05, 3.63) is 70.8 Å². The number of hydrogen-bond acceptors (Lipinski definition) is 3. The molecule has 152 valence electrons. The highest BCUT2D eigenvalue weighted by molar-refractivity contribution is 5.96. The molecule has 0 spiro atoms. The Hall–Kier alpha value is -2.17. The molecule has 1 aliphatic carbocycles. The molecular formula is C25H31N3O. The zero-order valence-corrected chi connectivity index (χ0v) is 17.1. The second-order valence-electron chi connectivity index (χ2n) is 8.79. The molecule has 2 saturated heterocycles. The van der Waals surface area contributed by atoms with E-state index in [0.29, 0.717) is 12.0 Å². The van der Waals surface area contributed by atoms with Crippen LogP contribution in [0, 0.1) is 0 Å². The van der Waals surface area contributed by atoms with E-state index >= 15 is 0 Å². The van der Waals surface area contributed by atoms with E-state index in [-0.39, 0.29) is 5.91 Å². The summed E-state index contributed by atoms with van der Waals surface area (Å²) in [4.78, 5) is 18.1. The Bertz CT molecular complexity index is 849. The molecule has 5 rings (SSSR count). The zero-order chi connectivity index (χ0) is 19.6. The fourth-order valence-corrected chi connectivity index (χ4v) is 5.44. The minimum atomic E-state index is 0.226. The van der Waals surface area contributed by atoms with Crippen molar-refractivity contribution < 1.29 is 4.79 Å². The third-order valence-corrected chi connectivity index (χ3v) is 7.05. The van der Waals surface area contributed by atoms with Gasteiger partial charge in [0, 0.05) is 44.3 Å². The van der Waals surface area contributed by atoms with Gasteiger partial charge in [-0.25, -0.2) is 0 Å². The highest BCUT2D eigenvalue weighted by Crippen LogP contribution is 2.28. The number of amides is 1. The molecule has 2 aliphatic heterocycles. The minimum Gasteiger partial charge on any atom is -0.337 e. The topological polar surface area (TPSA) is 35.6 Å². The highest BCUT2D eigenvalue weighted by Gasteiger charge is 2.30. The van der Waals surface area contributed by atoms with Crippen molar-refractivity contribution >= 4 is 5.91 Å². The summed E-state index contributed by atoms with van der Waals surface area (Å²) in [6.07, 6.45) is 4.50. The Morgan fingerprint density at radius 2 is 1.66 bits per heavy atom. The summed E-state index contributed by atoms with van der Waals surface area (Å²) in [7, 11) is 0. The van der Waals surface area contributed by atoms with Crippen LogP contribution in [0.15, 0.2) is 48.5 Å². The average molecular weight is 390 g/mol. The zero-order valence-electron chi connectivity index (χ0n) is 17.1. The van der Waals surface area contributed by atoms with Crippen molar-refractivity contribution in [2.45, 2.75) is 37.6 Å².